The van der Waals surface area contributed by atoms with Crippen molar-refractivity contribution < 1.29 is 18.3 Å². The van der Waals surface area contributed by atoms with Crippen LogP contribution in [0.5, 0.6) is 0 Å². The summed E-state index contributed by atoms with van der Waals surface area (Å²) in [5, 5.41) is 4.74. The van der Waals surface area contributed by atoms with Crippen LogP contribution in [0.1, 0.15) is 57.8 Å². The van der Waals surface area contributed by atoms with Crippen LogP contribution in [-0.4, -0.2) is 55.9 Å². The molecule has 5 rings (SSSR count). The van der Waals surface area contributed by atoms with Gasteiger partial charge in [-0.2, -0.15) is 0 Å². The fraction of sp³-hybridized carbons (Fsp3) is 0.690. The lowest BCUT2D eigenvalue weighted by atomic mass is 9.75. The highest BCUT2D eigenvalue weighted by atomic mass is 19.1. The third-order valence-electron chi connectivity index (χ3n) is 9.41. The Morgan fingerprint density at radius 1 is 1.14 bits per heavy atom. The van der Waals surface area contributed by atoms with Gasteiger partial charge in [0.1, 0.15) is 12.3 Å². The fourth-order valence-corrected chi connectivity index (χ4v) is 7.17. The molecule has 2 aromatic rings. The molecule has 0 spiro atoms. The number of fused-ring (bicyclic) bond motifs is 1. The van der Waals surface area contributed by atoms with Crippen molar-refractivity contribution in [3.8, 4) is 0 Å². The molecular formula is C29H42FN3O3. The molecule has 3 fully saturated rings. The minimum atomic E-state index is -0.471. The number of methoxy groups -OCH3 is 1. The summed E-state index contributed by atoms with van der Waals surface area (Å²) in [6.45, 7) is 1.12. The van der Waals surface area contributed by atoms with Crippen molar-refractivity contribution in [3.63, 3.8) is 0 Å². The minimum absolute atomic E-state index is 0.0424. The molecule has 2 unspecified atom stereocenters. The molecule has 1 aliphatic heterocycles. The number of ether oxygens (including phenoxy) is 1. The molecule has 6 nitrogen and oxygen atoms in total. The van der Waals surface area contributed by atoms with Crippen molar-refractivity contribution in [1.82, 2.24) is 4.90 Å². The molecule has 2 saturated carbocycles. The van der Waals surface area contributed by atoms with Crippen molar-refractivity contribution in [2.45, 2.75) is 76.0 Å². The number of carbonyl (C=O) groups is 1. The lowest BCUT2D eigenvalue weighted by Gasteiger charge is -2.38. The van der Waals surface area contributed by atoms with Crippen LogP contribution in [-0.2, 0) is 9.53 Å². The number of hydrogen-bond acceptors (Lipinski definition) is 5. The molecule has 3 N–H and O–H groups in total. The van der Waals surface area contributed by atoms with Gasteiger partial charge in [-0.1, -0.05) is 0 Å². The largest absolute Gasteiger partial charge is 0.464 e. The highest BCUT2D eigenvalue weighted by molar-refractivity contribution is 5.81. The molecule has 1 aromatic carbocycles. The maximum Gasteiger partial charge on any atom is 0.226 e. The Balaban J connectivity index is 1.28. The summed E-state index contributed by atoms with van der Waals surface area (Å²) in [5.41, 5.74) is 7.91. The normalized spacial score (nSPS) is 32.0. The van der Waals surface area contributed by atoms with Gasteiger partial charge in [0.2, 0.25) is 5.91 Å². The van der Waals surface area contributed by atoms with E-state index in [-0.39, 0.29) is 23.9 Å². The van der Waals surface area contributed by atoms with Crippen molar-refractivity contribution in [3.05, 3.63) is 30.5 Å². The zero-order valence-corrected chi connectivity index (χ0v) is 21.5. The molecule has 0 bridgehead atoms. The standard InChI is InChI=1S/C29H42FN3O3/c1-35-24-9-6-19(7-10-24)25-12-14-33(29(34)21-4-2-20(3-5-21)26(31)17-30)27(25)18-32-23-8-11-28-22(16-23)13-15-36-28/h8,11,13,15-16,19-21,24-27,32H,2-7,9-10,12,14,17-18,31H2,1H3/t19?,20?,21?,24?,25?,26-,27?/m1/s1. The van der Waals surface area contributed by atoms with E-state index < -0.39 is 6.67 Å². The number of nitrogens with two attached hydrogens (primary N) is 1. The van der Waals surface area contributed by atoms with Crippen LogP contribution in [0.4, 0.5) is 10.1 Å². The summed E-state index contributed by atoms with van der Waals surface area (Å²) in [6, 6.07) is 7.96. The van der Waals surface area contributed by atoms with Gasteiger partial charge in [0.15, 0.2) is 0 Å². The zero-order valence-electron chi connectivity index (χ0n) is 21.5. The van der Waals surface area contributed by atoms with E-state index in [9.17, 15) is 9.18 Å². The monoisotopic (exact) mass is 499 g/mol. The molecule has 3 atom stereocenters. The van der Waals surface area contributed by atoms with Crippen LogP contribution < -0.4 is 11.1 Å². The number of anilines is 1. The first kappa shape index (κ1) is 25.5. The summed E-state index contributed by atoms with van der Waals surface area (Å²) in [5.74, 6) is 1.69. The van der Waals surface area contributed by atoms with Crippen LogP contribution in [0, 0.1) is 23.7 Å². The highest BCUT2D eigenvalue weighted by Gasteiger charge is 2.44. The van der Waals surface area contributed by atoms with Crippen LogP contribution >= 0.6 is 0 Å². The zero-order chi connectivity index (χ0) is 25.1. The number of hydrogen-bond donors (Lipinski definition) is 2. The number of furan rings is 1. The summed E-state index contributed by atoms with van der Waals surface area (Å²) < 4.78 is 24.2. The first-order chi connectivity index (χ1) is 17.6. The topological polar surface area (TPSA) is 80.7 Å². The van der Waals surface area contributed by atoms with Crippen molar-refractivity contribution in [2.24, 2.45) is 29.4 Å². The molecule has 3 aliphatic rings. The Morgan fingerprint density at radius 3 is 2.64 bits per heavy atom. The number of amides is 1. The molecule has 1 aromatic heterocycles. The Bertz CT molecular complexity index is 997. The lowest BCUT2D eigenvalue weighted by Crippen LogP contribution is -2.47. The van der Waals surface area contributed by atoms with Crippen molar-refractivity contribution in [1.29, 1.82) is 0 Å². The number of carbonyl (C=O) groups excluding carboxylic acids is 1. The number of benzene rings is 1. The van der Waals surface area contributed by atoms with Gasteiger partial charge in [-0.05, 0) is 99.8 Å². The van der Waals surface area contributed by atoms with E-state index in [1.165, 1.54) is 12.8 Å². The molecule has 2 aliphatic carbocycles. The molecule has 7 heteroatoms. The fourth-order valence-electron chi connectivity index (χ4n) is 7.17. The second-order valence-corrected chi connectivity index (χ2v) is 11.3. The van der Waals surface area contributed by atoms with E-state index >= 15 is 0 Å². The number of likely N-dealkylation sites (tertiary alicyclic amines) is 1. The molecule has 2 heterocycles. The van der Waals surface area contributed by atoms with Crippen LogP contribution in [0.15, 0.2) is 34.9 Å². The summed E-state index contributed by atoms with van der Waals surface area (Å²) in [4.78, 5) is 16.0. The van der Waals surface area contributed by atoms with Gasteiger partial charge >= 0.3 is 0 Å². The van der Waals surface area contributed by atoms with Crippen LogP contribution in [0.25, 0.3) is 11.0 Å². The van der Waals surface area contributed by atoms with Gasteiger partial charge in [-0.15, -0.1) is 0 Å². The van der Waals surface area contributed by atoms with Gasteiger partial charge in [0, 0.05) is 43.2 Å². The number of rotatable bonds is 8. The number of alkyl halides is 1. The summed E-state index contributed by atoms with van der Waals surface area (Å²) in [7, 11) is 1.82. The quantitative estimate of drug-likeness (QED) is 0.510. The Hall–Kier alpha value is -2.12. The van der Waals surface area contributed by atoms with E-state index in [1.807, 2.05) is 19.2 Å². The SMILES string of the molecule is COC1CCC(C2CCN(C(=O)C3CCC([C@H](N)CF)CC3)C2CNc2ccc3occc3c2)CC1. The van der Waals surface area contributed by atoms with Gasteiger partial charge in [0.25, 0.3) is 0 Å². The average Bonchev–Trinajstić information content (AvgIpc) is 3.58. The maximum atomic E-state index is 13.8. The first-order valence-corrected chi connectivity index (χ1v) is 13.9. The first-order valence-electron chi connectivity index (χ1n) is 13.9. The average molecular weight is 500 g/mol. The van der Waals surface area contributed by atoms with E-state index in [2.05, 4.69) is 22.3 Å². The molecule has 198 valence electrons. The van der Waals surface area contributed by atoms with Crippen LogP contribution in [0.3, 0.4) is 0 Å². The smallest absolute Gasteiger partial charge is 0.226 e. The van der Waals surface area contributed by atoms with E-state index in [4.69, 9.17) is 14.9 Å². The summed E-state index contributed by atoms with van der Waals surface area (Å²) >= 11 is 0. The van der Waals surface area contributed by atoms with E-state index in [0.29, 0.717) is 23.8 Å². The second-order valence-electron chi connectivity index (χ2n) is 11.3. The second kappa shape index (κ2) is 11.5. The molecular weight excluding hydrogens is 457 g/mol. The van der Waals surface area contributed by atoms with Gasteiger partial charge < -0.3 is 25.1 Å². The maximum absolute atomic E-state index is 13.8. The number of nitrogens with zero attached hydrogens (tertiary/aromatic N) is 1. The number of nitrogens with one attached hydrogen (secondary N) is 1. The van der Waals surface area contributed by atoms with Crippen molar-refractivity contribution >= 4 is 22.6 Å². The summed E-state index contributed by atoms with van der Waals surface area (Å²) in [6.07, 6.45) is 11.1. The van der Waals surface area contributed by atoms with Gasteiger partial charge in [-0.25, -0.2) is 4.39 Å². The van der Waals surface area contributed by atoms with Crippen LogP contribution in [0.2, 0.25) is 0 Å². The van der Waals surface area contributed by atoms with Gasteiger partial charge in [-0.3, -0.25) is 4.79 Å². The minimum Gasteiger partial charge on any atom is -0.464 e. The lowest BCUT2D eigenvalue weighted by molar-refractivity contribution is -0.138. The Labute approximate surface area is 214 Å². The van der Waals surface area contributed by atoms with E-state index in [1.54, 1.807) is 6.26 Å². The Kier molecular flexibility index (Phi) is 8.16. The molecule has 1 saturated heterocycles. The van der Waals surface area contributed by atoms with E-state index in [0.717, 1.165) is 74.7 Å². The predicted octanol–water partition coefficient (Wildman–Crippen LogP) is 5.37. The third kappa shape index (κ3) is 5.42. The molecule has 1 amide bonds. The third-order valence-corrected chi connectivity index (χ3v) is 9.41. The predicted molar refractivity (Wildman–Crippen MR) is 140 cm³/mol. The van der Waals surface area contributed by atoms with Gasteiger partial charge in [0.05, 0.1) is 18.4 Å². The van der Waals surface area contributed by atoms with Crippen molar-refractivity contribution in [2.75, 3.05) is 32.2 Å². The number of halogens is 1. The molecule has 0 radical (unpaired) electrons. The highest BCUT2D eigenvalue weighted by Crippen LogP contribution is 2.41. The molecule has 36 heavy (non-hydrogen) atoms. The Morgan fingerprint density at radius 2 is 1.92 bits per heavy atom.